The van der Waals surface area contributed by atoms with Crippen molar-refractivity contribution < 1.29 is 9.90 Å². The quantitative estimate of drug-likeness (QED) is 0.752. The number of nitrogens with two attached hydrogens (primary N) is 1. The van der Waals surface area contributed by atoms with Gasteiger partial charge >= 0.3 is 0 Å². The van der Waals surface area contributed by atoms with Crippen molar-refractivity contribution in [3.8, 4) is 6.07 Å². The number of nitrogens with one attached hydrogen (secondary N) is 1. The van der Waals surface area contributed by atoms with E-state index in [1.165, 1.54) is 18.4 Å². The van der Waals surface area contributed by atoms with Crippen molar-refractivity contribution in [3.05, 3.63) is 10.4 Å². The molecule has 20 heavy (non-hydrogen) atoms. The third-order valence-corrected chi connectivity index (χ3v) is 4.70. The molecule has 108 valence electrons. The third-order valence-electron chi connectivity index (χ3n) is 3.43. The van der Waals surface area contributed by atoms with E-state index in [0.717, 1.165) is 19.4 Å². The zero-order valence-electron chi connectivity index (χ0n) is 11.6. The fourth-order valence-corrected chi connectivity index (χ4v) is 3.58. The molecule has 0 radical (unpaired) electrons. The molecule has 0 bridgehead atoms. The summed E-state index contributed by atoms with van der Waals surface area (Å²) in [5.74, 6) is -0.293. The lowest BCUT2D eigenvalue weighted by molar-refractivity contribution is 0.0451. The Morgan fingerprint density at radius 3 is 2.90 bits per heavy atom. The van der Waals surface area contributed by atoms with Gasteiger partial charge in [0.25, 0.3) is 5.91 Å². The summed E-state index contributed by atoms with van der Waals surface area (Å²) in [4.78, 5) is 14.1. The first-order valence-electron chi connectivity index (χ1n) is 6.41. The van der Waals surface area contributed by atoms with E-state index in [9.17, 15) is 15.2 Å². The second-order valence-corrected chi connectivity index (χ2v) is 6.24. The highest BCUT2D eigenvalue weighted by atomic mass is 32.1. The number of nitriles is 1. The van der Waals surface area contributed by atoms with Gasteiger partial charge in [-0.3, -0.25) is 4.79 Å². The Bertz CT molecular complexity index is 574. The smallest absolute Gasteiger partial charge is 0.263 e. The normalized spacial score (nSPS) is 22.4. The predicted molar refractivity (Wildman–Crippen MR) is 78.9 cm³/mol. The molecule has 1 saturated heterocycles. The number of aliphatic hydroxyl groups is 1. The van der Waals surface area contributed by atoms with Crippen LogP contribution in [0, 0.1) is 11.3 Å². The number of piperidine rings is 1. The van der Waals surface area contributed by atoms with Gasteiger partial charge in [-0.25, -0.2) is 0 Å². The number of carbonyl (C=O) groups excluding carboxylic acids is 1. The average molecular weight is 294 g/mol. The maximum absolute atomic E-state index is 11.8. The van der Waals surface area contributed by atoms with Crippen LogP contribution in [0.15, 0.2) is 0 Å². The number of nitrogen functional groups attached to an aromatic ring is 1. The van der Waals surface area contributed by atoms with Crippen LogP contribution in [-0.2, 0) is 0 Å². The summed E-state index contributed by atoms with van der Waals surface area (Å²) in [5.41, 5.74) is 5.67. The molecule has 0 spiro atoms. The Labute approximate surface area is 121 Å². The molecular weight excluding hydrogens is 276 g/mol. The highest BCUT2D eigenvalue weighted by Gasteiger charge is 2.32. The standard InChI is InChI=1S/C13H18N4O2S/c1-13(19)4-3-5-17(7-13)12-8(6-14)9(15)10(20-12)11(18)16-2/h19H,3-5,7,15H2,1-2H3,(H,16,18). The van der Waals surface area contributed by atoms with Gasteiger partial charge in [-0.1, -0.05) is 0 Å². The van der Waals surface area contributed by atoms with Crippen LogP contribution >= 0.6 is 11.3 Å². The van der Waals surface area contributed by atoms with Crippen LogP contribution in [0.1, 0.15) is 35.0 Å². The Balaban J connectivity index is 2.42. The van der Waals surface area contributed by atoms with E-state index in [1.54, 1.807) is 6.92 Å². The number of β-amino-alcohol motifs (C(OH)–C–C–N with tert-alkyl or cyclic N) is 1. The zero-order valence-corrected chi connectivity index (χ0v) is 12.4. The SMILES string of the molecule is CNC(=O)c1sc(N2CCCC(C)(O)C2)c(C#N)c1N. The van der Waals surface area contributed by atoms with Crippen LogP contribution in [0.3, 0.4) is 0 Å². The van der Waals surface area contributed by atoms with E-state index < -0.39 is 5.60 Å². The van der Waals surface area contributed by atoms with E-state index in [1.807, 2.05) is 4.90 Å². The van der Waals surface area contributed by atoms with Gasteiger partial charge in [-0.05, 0) is 19.8 Å². The molecule has 1 atom stereocenters. The lowest BCUT2D eigenvalue weighted by Gasteiger charge is -2.37. The number of hydrogen-bond acceptors (Lipinski definition) is 6. The molecular formula is C13H18N4O2S. The lowest BCUT2D eigenvalue weighted by atomic mass is 9.95. The van der Waals surface area contributed by atoms with Crippen LogP contribution in [0.25, 0.3) is 0 Å². The molecule has 1 unspecified atom stereocenters. The molecule has 1 amide bonds. The maximum Gasteiger partial charge on any atom is 0.263 e. The molecule has 1 fully saturated rings. The number of nitrogens with zero attached hydrogens (tertiary/aromatic N) is 2. The van der Waals surface area contributed by atoms with Crippen molar-refractivity contribution in [3.63, 3.8) is 0 Å². The number of carbonyl (C=O) groups is 1. The van der Waals surface area contributed by atoms with E-state index in [2.05, 4.69) is 11.4 Å². The predicted octanol–water partition coefficient (Wildman–Crippen LogP) is 0.913. The van der Waals surface area contributed by atoms with E-state index in [-0.39, 0.29) is 11.6 Å². The van der Waals surface area contributed by atoms with Crippen molar-refractivity contribution in [2.24, 2.45) is 0 Å². The Kier molecular flexibility index (Phi) is 3.88. The molecule has 1 aromatic heterocycles. The second-order valence-electron chi connectivity index (χ2n) is 5.24. The Morgan fingerprint density at radius 2 is 2.35 bits per heavy atom. The average Bonchev–Trinajstić information content (AvgIpc) is 2.73. The minimum absolute atomic E-state index is 0.220. The summed E-state index contributed by atoms with van der Waals surface area (Å²) >= 11 is 1.21. The highest BCUT2D eigenvalue weighted by molar-refractivity contribution is 7.19. The number of anilines is 2. The molecule has 7 heteroatoms. The van der Waals surface area contributed by atoms with Crippen LogP contribution in [0.2, 0.25) is 0 Å². The first-order chi connectivity index (χ1) is 9.39. The summed E-state index contributed by atoms with van der Waals surface area (Å²) in [6.07, 6.45) is 1.57. The van der Waals surface area contributed by atoms with Crippen LogP contribution in [0.5, 0.6) is 0 Å². The first-order valence-corrected chi connectivity index (χ1v) is 7.23. The zero-order chi connectivity index (χ0) is 14.9. The van der Waals surface area contributed by atoms with Gasteiger partial charge < -0.3 is 21.1 Å². The molecule has 6 nitrogen and oxygen atoms in total. The van der Waals surface area contributed by atoms with Crippen LogP contribution in [-0.4, -0.2) is 36.8 Å². The van der Waals surface area contributed by atoms with Gasteiger partial charge in [-0.2, -0.15) is 5.26 Å². The Hall–Kier alpha value is -1.78. The second kappa shape index (κ2) is 5.31. The first kappa shape index (κ1) is 14.6. The monoisotopic (exact) mass is 294 g/mol. The topological polar surface area (TPSA) is 102 Å². The molecule has 0 saturated carbocycles. The number of thiophene rings is 1. The summed E-state index contributed by atoms with van der Waals surface area (Å²) < 4.78 is 0. The minimum Gasteiger partial charge on any atom is -0.396 e. The van der Waals surface area contributed by atoms with E-state index >= 15 is 0 Å². The molecule has 1 aliphatic rings. The van der Waals surface area contributed by atoms with Crippen molar-refractivity contribution in [2.75, 3.05) is 30.8 Å². The molecule has 0 aliphatic carbocycles. The maximum atomic E-state index is 11.8. The number of amides is 1. The summed E-state index contributed by atoms with van der Waals surface area (Å²) in [5, 5.41) is 22.6. The summed E-state index contributed by atoms with van der Waals surface area (Å²) in [7, 11) is 1.53. The lowest BCUT2D eigenvalue weighted by Crippen LogP contribution is -2.46. The molecule has 0 aromatic carbocycles. The van der Waals surface area contributed by atoms with Crippen LogP contribution in [0.4, 0.5) is 10.7 Å². The van der Waals surface area contributed by atoms with Crippen molar-refractivity contribution in [1.82, 2.24) is 5.32 Å². The fraction of sp³-hybridized carbons (Fsp3) is 0.538. The highest BCUT2D eigenvalue weighted by Crippen LogP contribution is 2.39. The molecule has 2 rings (SSSR count). The van der Waals surface area contributed by atoms with Gasteiger partial charge in [-0.15, -0.1) is 11.3 Å². The largest absolute Gasteiger partial charge is 0.396 e. The minimum atomic E-state index is -0.781. The van der Waals surface area contributed by atoms with Gasteiger partial charge in [0.05, 0.1) is 11.3 Å². The summed E-state index contributed by atoms with van der Waals surface area (Å²) in [6, 6.07) is 2.07. The molecule has 4 N–H and O–H groups in total. The van der Waals surface area contributed by atoms with Crippen molar-refractivity contribution >= 4 is 27.9 Å². The number of hydrogen-bond donors (Lipinski definition) is 3. The molecule has 1 aliphatic heterocycles. The van der Waals surface area contributed by atoms with Gasteiger partial charge in [0.1, 0.15) is 21.5 Å². The van der Waals surface area contributed by atoms with Gasteiger partial charge in [0.2, 0.25) is 0 Å². The van der Waals surface area contributed by atoms with E-state index in [0.29, 0.717) is 22.0 Å². The van der Waals surface area contributed by atoms with Gasteiger partial charge in [0, 0.05) is 20.1 Å². The number of rotatable bonds is 2. The molecule has 1 aromatic rings. The van der Waals surface area contributed by atoms with Crippen LogP contribution < -0.4 is 16.0 Å². The van der Waals surface area contributed by atoms with Gasteiger partial charge in [0.15, 0.2) is 0 Å². The summed E-state index contributed by atoms with van der Waals surface area (Å²) in [6.45, 7) is 2.97. The molecule has 2 heterocycles. The fourth-order valence-electron chi connectivity index (χ4n) is 2.44. The van der Waals surface area contributed by atoms with Crippen molar-refractivity contribution in [1.29, 1.82) is 5.26 Å². The van der Waals surface area contributed by atoms with E-state index in [4.69, 9.17) is 5.73 Å². The third kappa shape index (κ3) is 2.57. The Morgan fingerprint density at radius 1 is 1.65 bits per heavy atom. The van der Waals surface area contributed by atoms with Crippen molar-refractivity contribution in [2.45, 2.75) is 25.4 Å².